The molecule has 0 aliphatic heterocycles. The van der Waals surface area contributed by atoms with Crippen molar-refractivity contribution in [2.45, 2.75) is 25.8 Å². The van der Waals surface area contributed by atoms with Gasteiger partial charge in [0.15, 0.2) is 0 Å². The van der Waals surface area contributed by atoms with E-state index in [0.29, 0.717) is 0 Å². The molecule has 2 nitrogen and oxygen atoms in total. The zero-order chi connectivity index (χ0) is 10.8. The van der Waals surface area contributed by atoms with E-state index in [1.54, 1.807) is 11.3 Å². The first kappa shape index (κ1) is 11.2. The SMILES string of the molecule is C#CC(C)(C)c1ncc(CN(C)C)s1. The summed E-state index contributed by atoms with van der Waals surface area (Å²) in [7, 11) is 4.09. The van der Waals surface area contributed by atoms with E-state index in [9.17, 15) is 0 Å². The first-order valence-electron chi connectivity index (χ1n) is 4.53. The first-order valence-corrected chi connectivity index (χ1v) is 5.35. The molecule has 0 amide bonds. The third-order valence-electron chi connectivity index (χ3n) is 1.92. The summed E-state index contributed by atoms with van der Waals surface area (Å²) in [6.07, 6.45) is 7.37. The van der Waals surface area contributed by atoms with E-state index in [1.165, 1.54) is 4.88 Å². The second-order valence-electron chi connectivity index (χ2n) is 4.14. The molecule has 0 radical (unpaired) electrons. The molecule has 0 fully saturated rings. The number of hydrogen-bond donors (Lipinski definition) is 0. The van der Waals surface area contributed by atoms with E-state index in [-0.39, 0.29) is 5.41 Å². The lowest BCUT2D eigenvalue weighted by molar-refractivity contribution is 0.406. The van der Waals surface area contributed by atoms with Gasteiger partial charge in [-0.1, -0.05) is 5.92 Å². The third kappa shape index (κ3) is 2.57. The van der Waals surface area contributed by atoms with E-state index >= 15 is 0 Å². The summed E-state index contributed by atoms with van der Waals surface area (Å²) in [5.74, 6) is 2.76. The van der Waals surface area contributed by atoms with Crippen molar-refractivity contribution in [3.05, 3.63) is 16.1 Å². The lowest BCUT2D eigenvalue weighted by Gasteiger charge is -2.12. The average molecular weight is 208 g/mol. The second-order valence-corrected chi connectivity index (χ2v) is 5.25. The van der Waals surface area contributed by atoms with Crippen LogP contribution in [0.25, 0.3) is 0 Å². The molecule has 0 saturated carbocycles. The number of aromatic nitrogens is 1. The van der Waals surface area contributed by atoms with E-state index in [0.717, 1.165) is 11.6 Å². The second kappa shape index (κ2) is 4.12. The van der Waals surface area contributed by atoms with Crippen LogP contribution in [0.2, 0.25) is 0 Å². The molecule has 1 rings (SSSR count). The Morgan fingerprint density at radius 2 is 2.21 bits per heavy atom. The number of rotatable bonds is 3. The maximum atomic E-state index is 5.46. The van der Waals surface area contributed by atoms with Crippen LogP contribution in [0.1, 0.15) is 23.7 Å². The van der Waals surface area contributed by atoms with Crippen molar-refractivity contribution < 1.29 is 0 Å². The fourth-order valence-electron chi connectivity index (χ4n) is 1.04. The average Bonchev–Trinajstić information content (AvgIpc) is 2.52. The predicted molar refractivity (Wildman–Crippen MR) is 61.4 cm³/mol. The molecule has 0 aliphatic rings. The van der Waals surface area contributed by atoms with Crippen LogP contribution in [-0.2, 0) is 12.0 Å². The highest BCUT2D eigenvalue weighted by Gasteiger charge is 2.21. The topological polar surface area (TPSA) is 16.1 Å². The molecule has 0 atom stereocenters. The van der Waals surface area contributed by atoms with Crippen molar-refractivity contribution in [3.8, 4) is 12.3 Å². The number of nitrogens with zero attached hydrogens (tertiary/aromatic N) is 2. The van der Waals surface area contributed by atoms with Crippen molar-refractivity contribution in [3.63, 3.8) is 0 Å². The van der Waals surface area contributed by atoms with Crippen LogP contribution in [0.15, 0.2) is 6.20 Å². The Kier molecular flexibility index (Phi) is 3.30. The van der Waals surface area contributed by atoms with Crippen molar-refractivity contribution in [1.82, 2.24) is 9.88 Å². The molecule has 1 aromatic heterocycles. The molecule has 14 heavy (non-hydrogen) atoms. The van der Waals surface area contributed by atoms with Gasteiger partial charge in [0.25, 0.3) is 0 Å². The van der Waals surface area contributed by atoms with Gasteiger partial charge < -0.3 is 4.90 Å². The molecular weight excluding hydrogens is 192 g/mol. The highest BCUT2D eigenvalue weighted by Crippen LogP contribution is 2.27. The monoisotopic (exact) mass is 208 g/mol. The minimum absolute atomic E-state index is 0.241. The molecule has 1 aromatic rings. The molecule has 0 spiro atoms. The van der Waals surface area contributed by atoms with Crippen LogP contribution in [-0.4, -0.2) is 24.0 Å². The van der Waals surface area contributed by atoms with Crippen molar-refractivity contribution in [1.29, 1.82) is 0 Å². The quantitative estimate of drug-likeness (QED) is 0.707. The van der Waals surface area contributed by atoms with Gasteiger partial charge in [-0.3, -0.25) is 0 Å². The van der Waals surface area contributed by atoms with E-state index in [4.69, 9.17) is 6.42 Å². The van der Waals surface area contributed by atoms with Gasteiger partial charge in [0.05, 0.1) is 5.41 Å². The van der Waals surface area contributed by atoms with E-state index < -0.39 is 0 Å². The fraction of sp³-hybridized carbons (Fsp3) is 0.545. The van der Waals surface area contributed by atoms with Gasteiger partial charge in [-0.05, 0) is 27.9 Å². The van der Waals surface area contributed by atoms with Crippen molar-refractivity contribution >= 4 is 11.3 Å². The molecule has 76 valence electrons. The summed E-state index contributed by atoms with van der Waals surface area (Å²) in [6, 6.07) is 0. The van der Waals surface area contributed by atoms with Gasteiger partial charge in [-0.25, -0.2) is 4.98 Å². The third-order valence-corrected chi connectivity index (χ3v) is 3.23. The van der Waals surface area contributed by atoms with Gasteiger partial charge in [-0.15, -0.1) is 17.8 Å². The molecular formula is C11H16N2S. The summed E-state index contributed by atoms with van der Waals surface area (Å²) in [6.45, 7) is 4.97. The van der Waals surface area contributed by atoms with Crippen LogP contribution in [0.3, 0.4) is 0 Å². The zero-order valence-corrected chi connectivity index (χ0v) is 9.98. The van der Waals surface area contributed by atoms with Gasteiger partial charge in [0.1, 0.15) is 5.01 Å². The van der Waals surface area contributed by atoms with Crippen LogP contribution in [0.5, 0.6) is 0 Å². The number of thiazole rings is 1. The van der Waals surface area contributed by atoms with Crippen molar-refractivity contribution in [2.75, 3.05) is 14.1 Å². The van der Waals surface area contributed by atoms with Gasteiger partial charge in [0.2, 0.25) is 0 Å². The van der Waals surface area contributed by atoms with Crippen LogP contribution >= 0.6 is 11.3 Å². The predicted octanol–water partition coefficient (Wildman–Crippen LogP) is 2.12. The molecule has 3 heteroatoms. The lowest BCUT2D eigenvalue weighted by Crippen LogP contribution is -2.12. The fourth-order valence-corrected chi connectivity index (χ4v) is 2.14. The Morgan fingerprint density at radius 3 is 2.71 bits per heavy atom. The van der Waals surface area contributed by atoms with Gasteiger partial charge >= 0.3 is 0 Å². The normalized spacial score (nSPS) is 11.7. The molecule has 0 N–H and O–H groups in total. The highest BCUT2D eigenvalue weighted by atomic mass is 32.1. The van der Waals surface area contributed by atoms with Crippen LogP contribution in [0.4, 0.5) is 0 Å². The number of hydrogen-bond acceptors (Lipinski definition) is 3. The van der Waals surface area contributed by atoms with E-state index in [1.807, 2.05) is 34.1 Å². The molecule has 0 aromatic carbocycles. The van der Waals surface area contributed by atoms with Gasteiger partial charge in [-0.2, -0.15) is 0 Å². The number of terminal acetylenes is 1. The first-order chi connectivity index (χ1) is 6.45. The Morgan fingerprint density at radius 1 is 1.57 bits per heavy atom. The van der Waals surface area contributed by atoms with Crippen LogP contribution in [0, 0.1) is 12.3 Å². The van der Waals surface area contributed by atoms with Crippen LogP contribution < -0.4 is 0 Å². The Labute approximate surface area is 90.0 Å². The standard InChI is InChI=1S/C11H16N2S/c1-6-11(2,3)10-12-7-9(14-10)8-13(4)5/h1,7H,8H2,2-5H3. The summed E-state index contributed by atoms with van der Waals surface area (Å²) in [4.78, 5) is 7.74. The molecule has 1 heterocycles. The molecule has 0 aliphatic carbocycles. The summed E-state index contributed by atoms with van der Waals surface area (Å²) < 4.78 is 0. The minimum Gasteiger partial charge on any atom is -0.304 e. The summed E-state index contributed by atoms with van der Waals surface area (Å²) in [5, 5.41) is 1.02. The molecule has 0 saturated heterocycles. The highest BCUT2D eigenvalue weighted by molar-refractivity contribution is 7.11. The zero-order valence-electron chi connectivity index (χ0n) is 9.16. The summed E-state index contributed by atoms with van der Waals surface area (Å²) in [5.41, 5.74) is -0.241. The summed E-state index contributed by atoms with van der Waals surface area (Å²) >= 11 is 1.70. The molecule has 0 unspecified atom stereocenters. The van der Waals surface area contributed by atoms with E-state index in [2.05, 4.69) is 15.8 Å². The Bertz CT molecular complexity index is 344. The van der Waals surface area contributed by atoms with Crippen molar-refractivity contribution in [2.24, 2.45) is 0 Å². The Balaban J connectivity index is 2.84. The molecule has 0 bridgehead atoms. The lowest BCUT2D eigenvalue weighted by atomic mass is 9.96. The smallest absolute Gasteiger partial charge is 0.110 e. The Hall–Kier alpha value is -0.850. The maximum absolute atomic E-state index is 5.46. The maximum Gasteiger partial charge on any atom is 0.110 e. The largest absolute Gasteiger partial charge is 0.304 e. The van der Waals surface area contributed by atoms with Gasteiger partial charge in [0, 0.05) is 17.6 Å². The minimum atomic E-state index is -0.241.